The Kier molecular flexibility index (Phi) is 31.5. The molecule has 30 nitrogen and oxygen atoms in total. The van der Waals surface area contributed by atoms with Crippen molar-refractivity contribution in [2.45, 2.75) is 0 Å². The summed E-state index contributed by atoms with van der Waals surface area (Å²) in [5.41, 5.74) is 26.5. The molecular weight excluding hydrogens is 1500 g/mol. The Labute approximate surface area is 735 Å². The zero-order valence-electron chi connectivity index (χ0n) is 62.5. The topological polar surface area (TPSA) is 386 Å². The Hall–Kier alpha value is -10.8. The standard InChI is InChI=1S/2C26H25N7O2.C23H23N7O.C3H3ClO.CH2O3.2K.H/c2*1-2-24(34)32-14-12-31(13-15-32)19-7-5-6-18(16-19)29-26-28-11-10-23(30-26)33-17-21(25(27)35)20-8-3-4-9-22(20)33;24-22(31)19-15-30(20-7-2-1-6-18(19)20)21-8-9-26-23(28-21)27-16-4-3-5-17(14-16)29-12-10-25-11-13-29;1-2-3(4)5;2-1-4-3;;;/h2*2-11,16-17H,1,12-15H2,(H2,27,35)(H,28,29,30);1-9,14-15,25H,10-13H2,(H2,24,31)(H,26,27,28);2H,1H2;1,3H;;;/q;;;;;2*+1;-1/p-1. The molecule has 3 fully saturated rings. The molecule has 5 amide bonds. The quantitative estimate of drug-likeness (QED) is 0.0153. The minimum Gasteiger partial charge on any atom is -1.00 e. The predicted octanol–water partition coefficient (Wildman–Crippen LogP) is 2.36. The van der Waals surface area contributed by atoms with E-state index >= 15 is 0 Å². The monoisotopic (exact) mass is 1580 g/mol. The SMILES string of the molecule is C=CC(=O)Cl.C=CC(=O)N1CCN(c2cccc(Nc3nccc(-n4cc(C(N)=O)c5ccccc54)n3)c2)CC1.C=CC(=O)N1CCN(c2cccc(Nc3nccc(-n4cc(C(N)=O)c5ccccc54)n3)c2)CC1.NC(=O)c1cn(-c2ccnc(Nc3cccc(N4CCNCC4)c3)n2)c2ccccc12.O=CO[O-].[H-].[K+].[K+]. The van der Waals surface area contributed by atoms with Gasteiger partial charge in [-0.2, -0.15) is 15.0 Å². The third kappa shape index (κ3) is 21.8. The summed E-state index contributed by atoms with van der Waals surface area (Å²) in [6.45, 7) is 19.6. The van der Waals surface area contributed by atoms with Gasteiger partial charge in [0.15, 0.2) is 0 Å². The normalized spacial score (nSPS) is 12.9. The average Bonchev–Trinajstić information content (AvgIpc) is 1.61. The number of aromatic nitrogens is 9. The molecule has 0 radical (unpaired) electrons. The molecule has 3 aliphatic heterocycles. The molecule has 3 aliphatic rings. The van der Waals surface area contributed by atoms with E-state index in [9.17, 15) is 28.8 Å². The molecule has 6 aromatic carbocycles. The first-order valence-electron chi connectivity index (χ1n) is 34.6. The molecule has 562 valence electrons. The second-order valence-electron chi connectivity index (χ2n) is 24.6. The number of nitrogens with one attached hydrogen (secondary N) is 4. The smallest absolute Gasteiger partial charge is 1.00 e. The first-order valence-corrected chi connectivity index (χ1v) is 35.0. The Balaban J connectivity index is 0.000000199. The zero-order chi connectivity index (χ0) is 77.6. The number of allylic oxidation sites excluding steroid dienone is 1. The summed E-state index contributed by atoms with van der Waals surface area (Å²) in [5.74, 6) is 1.72. The Morgan fingerprint density at radius 2 is 0.741 bits per heavy atom. The van der Waals surface area contributed by atoms with Gasteiger partial charge in [-0.25, -0.2) is 15.0 Å². The van der Waals surface area contributed by atoms with Crippen LogP contribution in [0.4, 0.5) is 52.0 Å². The molecule has 0 atom stereocenters. The first-order chi connectivity index (χ1) is 53.4. The number of hydrogen-bond acceptors (Lipinski definition) is 22. The minimum absolute atomic E-state index is 0. The second-order valence-corrected chi connectivity index (χ2v) is 25.0. The Bertz CT molecular complexity index is 5160. The van der Waals surface area contributed by atoms with Crippen LogP contribution in [0.25, 0.3) is 50.2 Å². The molecule has 33 heteroatoms. The zero-order valence-corrected chi connectivity index (χ0v) is 68.5. The van der Waals surface area contributed by atoms with Crippen LogP contribution in [0, 0.1) is 0 Å². The number of carbonyl (C=O) groups excluding carboxylic acids is 7. The van der Waals surface area contributed by atoms with Crippen molar-refractivity contribution in [3.05, 3.63) is 256 Å². The van der Waals surface area contributed by atoms with E-state index in [0.29, 0.717) is 78.2 Å². The fourth-order valence-electron chi connectivity index (χ4n) is 12.6. The summed E-state index contributed by atoms with van der Waals surface area (Å²) in [6, 6.07) is 52.4. The Morgan fingerprint density at radius 1 is 0.446 bits per heavy atom. The number of primary amides is 3. The Morgan fingerprint density at radius 3 is 1.02 bits per heavy atom. The third-order valence-electron chi connectivity index (χ3n) is 17.8. The summed E-state index contributed by atoms with van der Waals surface area (Å²) in [4.78, 5) is 118. The number of carbonyl (C=O) groups is 7. The number of nitrogens with zero attached hydrogens (tertiary/aromatic N) is 14. The van der Waals surface area contributed by atoms with Gasteiger partial charge in [-0.15, -0.1) is 0 Å². The first kappa shape index (κ1) is 85.2. The summed E-state index contributed by atoms with van der Waals surface area (Å²) >= 11 is 4.71. The van der Waals surface area contributed by atoms with Crippen LogP contribution in [0.5, 0.6) is 0 Å². The van der Waals surface area contributed by atoms with Gasteiger partial charge < -0.3 is 88.2 Å². The van der Waals surface area contributed by atoms with E-state index in [1.54, 1.807) is 65.2 Å². The molecule has 0 spiro atoms. The number of hydrogen-bond donors (Lipinski definition) is 7. The number of piperazine rings is 3. The molecule has 0 unspecified atom stereocenters. The van der Waals surface area contributed by atoms with Crippen LogP contribution in [0.2, 0.25) is 0 Å². The number of benzene rings is 6. The molecule has 0 bridgehead atoms. The van der Waals surface area contributed by atoms with Crippen molar-refractivity contribution in [3.8, 4) is 17.5 Å². The van der Waals surface area contributed by atoms with E-state index < -0.39 is 23.0 Å². The molecular formula is C79H78ClK2N21O9. The van der Waals surface area contributed by atoms with Crippen molar-refractivity contribution in [3.63, 3.8) is 0 Å². The van der Waals surface area contributed by atoms with Gasteiger partial charge in [-0.1, -0.05) is 92.5 Å². The molecule has 0 saturated carbocycles. The maximum absolute atomic E-state index is 11.9. The number of nitrogens with two attached hydrogens (primary N) is 3. The van der Waals surface area contributed by atoms with E-state index in [1.807, 2.05) is 147 Å². The van der Waals surface area contributed by atoms with Crippen LogP contribution in [0.1, 0.15) is 32.5 Å². The fraction of sp³-hybridized carbons (Fsp3) is 0.152. The molecule has 15 rings (SSSR count). The number of amides is 5. The molecule has 112 heavy (non-hydrogen) atoms. The van der Waals surface area contributed by atoms with Crippen LogP contribution in [0.15, 0.2) is 239 Å². The van der Waals surface area contributed by atoms with Gasteiger partial charge in [-0.3, -0.25) is 33.6 Å². The van der Waals surface area contributed by atoms with Crippen molar-refractivity contribution in [2.75, 3.05) is 109 Å². The number of halogens is 1. The maximum Gasteiger partial charge on any atom is 1.00 e. The second kappa shape index (κ2) is 41.4. The summed E-state index contributed by atoms with van der Waals surface area (Å²) in [5, 5.41) is 23.5. The number of para-hydroxylation sites is 3. The van der Waals surface area contributed by atoms with Gasteiger partial charge in [0.2, 0.25) is 34.9 Å². The van der Waals surface area contributed by atoms with Crippen LogP contribution < -0.4 is 161 Å². The molecule has 0 aliphatic carbocycles. The van der Waals surface area contributed by atoms with Crippen molar-refractivity contribution >= 4 is 138 Å². The van der Waals surface area contributed by atoms with Gasteiger partial charge in [-0.05, 0) is 121 Å². The van der Waals surface area contributed by atoms with E-state index in [2.05, 4.69) is 103 Å². The van der Waals surface area contributed by atoms with Crippen LogP contribution in [-0.2, 0) is 24.1 Å². The predicted molar refractivity (Wildman–Crippen MR) is 424 cm³/mol. The average molecular weight is 1580 g/mol. The van der Waals surface area contributed by atoms with Crippen molar-refractivity contribution in [1.82, 2.24) is 58.7 Å². The summed E-state index contributed by atoms with van der Waals surface area (Å²) < 4.78 is 5.53. The largest absolute Gasteiger partial charge is 1.00 e. The minimum atomic E-state index is -0.509. The molecule has 12 aromatic rings. The van der Waals surface area contributed by atoms with Crippen LogP contribution in [-0.4, -0.2) is 173 Å². The van der Waals surface area contributed by atoms with Crippen molar-refractivity contribution < 1.29 is 148 Å². The molecule has 10 N–H and O–H groups in total. The van der Waals surface area contributed by atoms with E-state index in [0.717, 1.165) is 120 Å². The van der Waals surface area contributed by atoms with Gasteiger partial charge in [0.25, 0.3) is 24.2 Å². The summed E-state index contributed by atoms with van der Waals surface area (Å²) in [6.07, 6.45) is 13.9. The van der Waals surface area contributed by atoms with Gasteiger partial charge in [0.1, 0.15) is 17.5 Å². The van der Waals surface area contributed by atoms with E-state index in [1.165, 1.54) is 17.8 Å². The van der Waals surface area contributed by atoms with E-state index in [4.69, 9.17) is 38.9 Å². The fourth-order valence-corrected chi connectivity index (χ4v) is 12.6. The van der Waals surface area contributed by atoms with E-state index in [-0.39, 0.29) is 122 Å². The summed E-state index contributed by atoms with van der Waals surface area (Å²) in [7, 11) is 0. The number of anilines is 9. The van der Waals surface area contributed by atoms with Crippen molar-refractivity contribution in [1.29, 1.82) is 0 Å². The van der Waals surface area contributed by atoms with Crippen LogP contribution in [0.3, 0.4) is 0 Å². The van der Waals surface area contributed by atoms with Gasteiger partial charge in [0.05, 0.1) is 33.2 Å². The van der Waals surface area contributed by atoms with Crippen molar-refractivity contribution in [2.24, 2.45) is 17.2 Å². The van der Waals surface area contributed by atoms with Gasteiger partial charge in [0, 0.05) is 166 Å². The maximum atomic E-state index is 11.9. The number of fused-ring (bicyclic) bond motifs is 3. The third-order valence-corrected chi connectivity index (χ3v) is 18.0. The van der Waals surface area contributed by atoms with Crippen LogP contribution >= 0.6 is 11.6 Å². The molecule has 9 heterocycles. The van der Waals surface area contributed by atoms with Gasteiger partial charge >= 0.3 is 103 Å². The number of rotatable bonds is 19. The molecule has 3 saturated heterocycles. The molecule has 6 aromatic heterocycles.